The number of rotatable bonds is 5. The summed E-state index contributed by atoms with van der Waals surface area (Å²) in [6, 6.07) is 0. The first-order valence-electron chi connectivity index (χ1n) is 6.87. The van der Waals surface area contributed by atoms with E-state index in [2.05, 4.69) is 17.4 Å². The Labute approximate surface area is 117 Å². The van der Waals surface area contributed by atoms with Gasteiger partial charge in [0.25, 0.3) is 5.91 Å². The number of thiophene rings is 1. The van der Waals surface area contributed by atoms with Crippen LogP contribution in [-0.4, -0.2) is 23.4 Å². The fourth-order valence-corrected chi connectivity index (χ4v) is 3.50. The molecule has 0 aliphatic heterocycles. The maximum absolute atomic E-state index is 12.1. The summed E-state index contributed by atoms with van der Waals surface area (Å²) in [5.41, 5.74) is 2.53. The van der Waals surface area contributed by atoms with Crippen molar-refractivity contribution in [3.05, 3.63) is 21.4 Å². The molecule has 2 N–H and O–H groups in total. The Kier molecular flexibility index (Phi) is 4.96. The highest BCUT2D eigenvalue weighted by Crippen LogP contribution is 2.30. The monoisotopic (exact) mass is 280 g/mol. The first-order chi connectivity index (χ1) is 9.27. The molecule has 19 heavy (non-hydrogen) atoms. The van der Waals surface area contributed by atoms with Crippen molar-refractivity contribution >= 4 is 23.0 Å². The summed E-state index contributed by atoms with van der Waals surface area (Å²) in [6.07, 6.45) is 5.96. The van der Waals surface area contributed by atoms with Crippen LogP contribution in [0.5, 0.6) is 0 Å². The van der Waals surface area contributed by atoms with Crippen LogP contribution in [0.4, 0.5) is 0 Å². The maximum Gasteiger partial charge on any atom is 0.252 e. The smallest absolute Gasteiger partial charge is 0.252 e. The van der Waals surface area contributed by atoms with Gasteiger partial charge in [-0.05, 0) is 31.2 Å². The standard InChI is InChI=1S/C14H20N2O2S/c1-2-3-4-8-15-14(17)11-9-19-13-10(11)6-5-7-12(13)16-18/h9,18H,2-8H2,1H3,(H,15,17). The summed E-state index contributed by atoms with van der Waals surface area (Å²) in [6.45, 7) is 2.88. The Hall–Kier alpha value is -1.36. The number of carbonyl (C=O) groups excluding carboxylic acids is 1. The second-order valence-electron chi connectivity index (χ2n) is 4.82. The minimum atomic E-state index is 0.00722. The Balaban J connectivity index is 2.05. The molecule has 0 saturated heterocycles. The first-order valence-corrected chi connectivity index (χ1v) is 7.75. The van der Waals surface area contributed by atoms with E-state index in [4.69, 9.17) is 5.21 Å². The highest BCUT2D eigenvalue weighted by atomic mass is 32.1. The number of fused-ring (bicyclic) bond motifs is 1. The summed E-state index contributed by atoms with van der Waals surface area (Å²) in [4.78, 5) is 13.1. The van der Waals surface area contributed by atoms with E-state index < -0.39 is 0 Å². The average Bonchev–Trinajstić information content (AvgIpc) is 2.87. The van der Waals surface area contributed by atoms with E-state index in [9.17, 15) is 4.79 Å². The SMILES string of the molecule is CCCCCNC(=O)c1csc2c1CCCC2=NO. The van der Waals surface area contributed by atoms with E-state index in [1.165, 1.54) is 11.3 Å². The van der Waals surface area contributed by atoms with Crippen LogP contribution in [0.1, 0.15) is 59.8 Å². The second kappa shape index (κ2) is 6.70. The predicted octanol–water partition coefficient (Wildman–Crippen LogP) is 3.18. The van der Waals surface area contributed by atoms with Gasteiger partial charge < -0.3 is 10.5 Å². The molecule has 0 saturated carbocycles. The Morgan fingerprint density at radius 1 is 1.47 bits per heavy atom. The van der Waals surface area contributed by atoms with Crippen molar-refractivity contribution in [2.45, 2.75) is 45.4 Å². The molecule has 1 amide bonds. The molecule has 0 fully saturated rings. The van der Waals surface area contributed by atoms with Gasteiger partial charge in [-0.2, -0.15) is 0 Å². The molecule has 0 atom stereocenters. The largest absolute Gasteiger partial charge is 0.411 e. The summed E-state index contributed by atoms with van der Waals surface area (Å²) >= 11 is 1.51. The molecule has 4 nitrogen and oxygen atoms in total. The topological polar surface area (TPSA) is 61.7 Å². The van der Waals surface area contributed by atoms with Gasteiger partial charge in [0, 0.05) is 11.9 Å². The molecule has 5 heteroatoms. The van der Waals surface area contributed by atoms with Crippen molar-refractivity contribution in [2.75, 3.05) is 6.54 Å². The number of hydrogen-bond donors (Lipinski definition) is 2. The second-order valence-corrected chi connectivity index (χ2v) is 5.70. The summed E-state index contributed by atoms with van der Waals surface area (Å²) in [5, 5.41) is 17.2. The third kappa shape index (κ3) is 3.15. The minimum Gasteiger partial charge on any atom is -0.411 e. The lowest BCUT2D eigenvalue weighted by Crippen LogP contribution is -2.25. The summed E-state index contributed by atoms with van der Waals surface area (Å²) in [7, 11) is 0. The predicted molar refractivity (Wildman–Crippen MR) is 77.4 cm³/mol. The van der Waals surface area contributed by atoms with Gasteiger partial charge in [-0.1, -0.05) is 24.9 Å². The molecule has 1 aliphatic rings. The van der Waals surface area contributed by atoms with Crippen molar-refractivity contribution in [2.24, 2.45) is 5.16 Å². The number of nitrogens with zero attached hydrogens (tertiary/aromatic N) is 1. The number of hydrogen-bond acceptors (Lipinski definition) is 4. The van der Waals surface area contributed by atoms with Gasteiger partial charge in [0.2, 0.25) is 0 Å². The third-order valence-corrected chi connectivity index (χ3v) is 4.50. The van der Waals surface area contributed by atoms with Crippen molar-refractivity contribution < 1.29 is 10.0 Å². The van der Waals surface area contributed by atoms with E-state index in [0.29, 0.717) is 0 Å². The van der Waals surface area contributed by atoms with Gasteiger partial charge >= 0.3 is 0 Å². The lowest BCUT2D eigenvalue weighted by atomic mass is 9.94. The van der Waals surface area contributed by atoms with E-state index in [0.717, 1.165) is 66.8 Å². The van der Waals surface area contributed by atoms with Gasteiger partial charge in [0.05, 0.1) is 16.2 Å². The number of unbranched alkanes of at least 4 members (excludes halogenated alkanes) is 2. The quantitative estimate of drug-likeness (QED) is 0.494. The summed E-state index contributed by atoms with van der Waals surface area (Å²) in [5.74, 6) is 0.00722. The summed E-state index contributed by atoms with van der Waals surface area (Å²) < 4.78 is 0. The number of oxime groups is 1. The fourth-order valence-electron chi connectivity index (χ4n) is 2.38. The molecule has 1 heterocycles. The molecule has 1 aromatic rings. The molecular weight excluding hydrogens is 260 g/mol. The van der Waals surface area contributed by atoms with E-state index in [1.54, 1.807) is 0 Å². The Morgan fingerprint density at radius 3 is 3.05 bits per heavy atom. The Bertz CT molecular complexity index is 480. The highest BCUT2D eigenvalue weighted by molar-refractivity contribution is 7.12. The maximum atomic E-state index is 12.1. The molecule has 104 valence electrons. The van der Waals surface area contributed by atoms with E-state index in [-0.39, 0.29) is 5.91 Å². The molecule has 1 aliphatic carbocycles. The fraction of sp³-hybridized carbons (Fsp3) is 0.571. The lowest BCUT2D eigenvalue weighted by molar-refractivity contribution is 0.0952. The van der Waals surface area contributed by atoms with Gasteiger partial charge in [-0.15, -0.1) is 11.3 Å². The zero-order valence-corrected chi connectivity index (χ0v) is 12.1. The number of amides is 1. The number of carbonyl (C=O) groups is 1. The molecule has 2 rings (SSSR count). The first kappa shape index (κ1) is 14.1. The molecule has 0 bridgehead atoms. The number of nitrogens with one attached hydrogen (secondary N) is 1. The van der Waals surface area contributed by atoms with E-state index >= 15 is 0 Å². The molecule has 0 unspecified atom stereocenters. The van der Waals surface area contributed by atoms with Crippen LogP contribution >= 0.6 is 11.3 Å². The average molecular weight is 280 g/mol. The van der Waals surface area contributed by atoms with Crippen LogP contribution in [0.15, 0.2) is 10.5 Å². The van der Waals surface area contributed by atoms with Crippen LogP contribution < -0.4 is 5.32 Å². The van der Waals surface area contributed by atoms with Crippen LogP contribution in [0.3, 0.4) is 0 Å². The van der Waals surface area contributed by atoms with Crippen LogP contribution in [0.25, 0.3) is 0 Å². The van der Waals surface area contributed by atoms with Crippen molar-refractivity contribution in [1.82, 2.24) is 5.32 Å². The molecule has 1 aromatic heterocycles. The Morgan fingerprint density at radius 2 is 2.32 bits per heavy atom. The lowest BCUT2D eigenvalue weighted by Gasteiger charge is -2.14. The van der Waals surface area contributed by atoms with Gasteiger partial charge in [0.1, 0.15) is 0 Å². The van der Waals surface area contributed by atoms with Gasteiger partial charge in [-0.25, -0.2) is 0 Å². The molecular formula is C14H20N2O2S. The molecule has 0 spiro atoms. The van der Waals surface area contributed by atoms with Crippen molar-refractivity contribution in [3.8, 4) is 0 Å². The third-order valence-electron chi connectivity index (χ3n) is 3.43. The normalized spacial score (nSPS) is 16.4. The highest BCUT2D eigenvalue weighted by Gasteiger charge is 2.24. The van der Waals surface area contributed by atoms with Crippen molar-refractivity contribution in [3.63, 3.8) is 0 Å². The van der Waals surface area contributed by atoms with Crippen molar-refractivity contribution in [1.29, 1.82) is 0 Å². The zero-order chi connectivity index (χ0) is 13.7. The van der Waals surface area contributed by atoms with Crippen LogP contribution in [0.2, 0.25) is 0 Å². The van der Waals surface area contributed by atoms with Crippen LogP contribution in [-0.2, 0) is 6.42 Å². The van der Waals surface area contributed by atoms with E-state index in [1.807, 2.05) is 5.38 Å². The van der Waals surface area contributed by atoms with Gasteiger partial charge in [0.15, 0.2) is 0 Å². The van der Waals surface area contributed by atoms with Gasteiger partial charge in [-0.3, -0.25) is 4.79 Å². The molecule has 0 radical (unpaired) electrons. The minimum absolute atomic E-state index is 0.00722. The molecule has 0 aromatic carbocycles. The van der Waals surface area contributed by atoms with Crippen LogP contribution in [0, 0.1) is 0 Å². The zero-order valence-electron chi connectivity index (χ0n) is 11.2.